The first kappa shape index (κ1) is 18.5. The number of aromatic hydroxyl groups is 1. The molecule has 7 nitrogen and oxygen atoms in total. The van der Waals surface area contributed by atoms with Gasteiger partial charge in [0.2, 0.25) is 0 Å². The second-order valence-corrected chi connectivity index (χ2v) is 6.62. The summed E-state index contributed by atoms with van der Waals surface area (Å²) < 4.78 is 31.2. The van der Waals surface area contributed by atoms with Gasteiger partial charge in [-0.1, -0.05) is 11.2 Å². The standard InChI is InChI=1S/C20H17F2N5O2/c1-9-16(10(2)25-24-9)19-18(20(23)26-29)17-12(21)4-3-5-15(17)27(19)14-7-6-11(28)8-13(14)22/h3-8,28-29H,1-2H3,(H2,23,26)(H,24,25). The molecule has 2 aromatic heterocycles. The number of hydrogen-bond donors (Lipinski definition) is 4. The lowest BCUT2D eigenvalue weighted by atomic mass is 10.0. The maximum atomic E-state index is 14.9. The van der Waals surface area contributed by atoms with Crippen LogP contribution in [-0.2, 0) is 0 Å². The van der Waals surface area contributed by atoms with Crippen molar-refractivity contribution in [1.82, 2.24) is 14.8 Å². The van der Waals surface area contributed by atoms with Gasteiger partial charge in [0.1, 0.15) is 11.6 Å². The minimum atomic E-state index is -0.725. The number of phenols is 1. The van der Waals surface area contributed by atoms with Crippen molar-refractivity contribution >= 4 is 16.7 Å². The lowest BCUT2D eigenvalue weighted by molar-refractivity contribution is 0.318. The number of H-pyrrole nitrogens is 1. The van der Waals surface area contributed by atoms with Crippen molar-refractivity contribution in [2.75, 3.05) is 0 Å². The Labute approximate surface area is 163 Å². The lowest BCUT2D eigenvalue weighted by Gasteiger charge is -2.14. The van der Waals surface area contributed by atoms with E-state index < -0.39 is 11.6 Å². The van der Waals surface area contributed by atoms with E-state index in [1.165, 1.54) is 28.8 Å². The van der Waals surface area contributed by atoms with Crippen molar-refractivity contribution in [1.29, 1.82) is 0 Å². The Kier molecular flexibility index (Phi) is 4.22. The van der Waals surface area contributed by atoms with Crippen LogP contribution < -0.4 is 5.73 Å². The lowest BCUT2D eigenvalue weighted by Crippen LogP contribution is -2.15. The summed E-state index contributed by atoms with van der Waals surface area (Å²) in [5, 5.41) is 29.2. The molecule has 0 atom stereocenters. The second kappa shape index (κ2) is 6.62. The number of hydrogen-bond acceptors (Lipinski definition) is 4. The Morgan fingerprint density at radius 3 is 2.55 bits per heavy atom. The van der Waals surface area contributed by atoms with Gasteiger partial charge in [0, 0.05) is 22.7 Å². The fourth-order valence-electron chi connectivity index (χ4n) is 3.66. The molecule has 0 saturated heterocycles. The average Bonchev–Trinajstić information content (AvgIpc) is 3.19. The molecule has 5 N–H and O–H groups in total. The van der Waals surface area contributed by atoms with Gasteiger partial charge in [0.05, 0.1) is 28.2 Å². The first-order chi connectivity index (χ1) is 13.8. The number of rotatable bonds is 3. The van der Waals surface area contributed by atoms with Gasteiger partial charge in [-0.15, -0.1) is 0 Å². The van der Waals surface area contributed by atoms with E-state index in [-0.39, 0.29) is 28.2 Å². The first-order valence-corrected chi connectivity index (χ1v) is 8.66. The maximum absolute atomic E-state index is 14.9. The number of amidine groups is 1. The summed E-state index contributed by atoms with van der Waals surface area (Å²) in [4.78, 5) is 0. The smallest absolute Gasteiger partial charge is 0.173 e. The number of nitrogens with two attached hydrogens (primary N) is 1. The molecule has 0 radical (unpaired) electrons. The Bertz CT molecular complexity index is 1270. The normalized spacial score (nSPS) is 12.1. The fourth-order valence-corrected chi connectivity index (χ4v) is 3.66. The third kappa shape index (κ3) is 2.70. The van der Waals surface area contributed by atoms with Crippen molar-refractivity contribution in [3.05, 3.63) is 65.0 Å². The number of oxime groups is 1. The zero-order valence-corrected chi connectivity index (χ0v) is 15.5. The Morgan fingerprint density at radius 2 is 1.93 bits per heavy atom. The summed E-state index contributed by atoms with van der Waals surface area (Å²) in [5.74, 6) is -1.91. The molecule has 148 valence electrons. The third-order valence-corrected chi connectivity index (χ3v) is 4.84. The number of halogens is 2. The molecule has 0 aliphatic rings. The fraction of sp³-hybridized carbons (Fsp3) is 0.100. The summed E-state index contributed by atoms with van der Waals surface area (Å²) in [5.41, 5.74) is 8.51. The number of nitrogens with zero attached hydrogens (tertiary/aromatic N) is 3. The molecule has 29 heavy (non-hydrogen) atoms. The highest BCUT2D eigenvalue weighted by molar-refractivity contribution is 6.15. The SMILES string of the molecule is Cc1n[nH]c(C)c1-c1c(/C(N)=N/O)c2c(F)cccc2n1-c1ccc(O)cc1F. The van der Waals surface area contributed by atoms with Gasteiger partial charge in [0.25, 0.3) is 0 Å². The Morgan fingerprint density at radius 1 is 1.17 bits per heavy atom. The third-order valence-electron chi connectivity index (χ3n) is 4.84. The van der Waals surface area contributed by atoms with Crippen LogP contribution in [0.4, 0.5) is 8.78 Å². The number of phenolic OH excluding ortho intramolecular Hbond substituents is 1. The zero-order chi connectivity index (χ0) is 20.9. The van der Waals surface area contributed by atoms with Crippen molar-refractivity contribution in [3.8, 4) is 22.7 Å². The molecule has 4 rings (SSSR count). The molecule has 0 aliphatic carbocycles. The molecular formula is C20H17F2N5O2. The highest BCUT2D eigenvalue weighted by Gasteiger charge is 2.28. The van der Waals surface area contributed by atoms with Crippen molar-refractivity contribution in [2.24, 2.45) is 10.9 Å². The predicted molar refractivity (Wildman–Crippen MR) is 104 cm³/mol. The number of fused-ring (bicyclic) bond motifs is 1. The van der Waals surface area contributed by atoms with Crippen LogP contribution in [-0.4, -0.2) is 30.9 Å². The molecule has 0 saturated carbocycles. The van der Waals surface area contributed by atoms with Gasteiger partial charge < -0.3 is 20.6 Å². The summed E-state index contributed by atoms with van der Waals surface area (Å²) in [6.07, 6.45) is 0. The molecule has 2 aromatic carbocycles. The molecule has 0 spiro atoms. The quantitative estimate of drug-likeness (QED) is 0.183. The Hall–Kier alpha value is -3.88. The molecule has 0 fully saturated rings. The van der Waals surface area contributed by atoms with Gasteiger partial charge in [-0.2, -0.15) is 5.10 Å². The Balaban J connectivity index is 2.29. The molecule has 0 amide bonds. The highest BCUT2D eigenvalue weighted by atomic mass is 19.1. The summed E-state index contributed by atoms with van der Waals surface area (Å²) in [6.45, 7) is 3.50. The van der Waals surface area contributed by atoms with Crippen LogP contribution in [0.3, 0.4) is 0 Å². The first-order valence-electron chi connectivity index (χ1n) is 8.66. The molecule has 9 heteroatoms. The van der Waals surface area contributed by atoms with Gasteiger partial charge in [-0.25, -0.2) is 8.78 Å². The van der Waals surface area contributed by atoms with Gasteiger partial charge in [-0.05, 0) is 38.1 Å². The van der Waals surface area contributed by atoms with E-state index in [0.29, 0.717) is 28.2 Å². The topological polar surface area (TPSA) is 112 Å². The van der Waals surface area contributed by atoms with E-state index in [0.717, 1.165) is 6.07 Å². The molecule has 4 aromatic rings. The van der Waals surface area contributed by atoms with E-state index >= 15 is 0 Å². The van der Waals surface area contributed by atoms with Crippen LogP contribution in [0.15, 0.2) is 41.6 Å². The number of aromatic amines is 1. The molecule has 0 bridgehead atoms. The van der Waals surface area contributed by atoms with Crippen LogP contribution >= 0.6 is 0 Å². The van der Waals surface area contributed by atoms with E-state index in [2.05, 4.69) is 15.4 Å². The van der Waals surface area contributed by atoms with Gasteiger partial charge in [0.15, 0.2) is 11.7 Å². The van der Waals surface area contributed by atoms with Crippen LogP contribution in [0.5, 0.6) is 5.75 Å². The van der Waals surface area contributed by atoms with Gasteiger partial charge >= 0.3 is 0 Å². The second-order valence-electron chi connectivity index (χ2n) is 6.62. The van der Waals surface area contributed by atoms with E-state index in [1.807, 2.05) is 0 Å². The zero-order valence-electron chi connectivity index (χ0n) is 15.5. The van der Waals surface area contributed by atoms with Crippen LogP contribution in [0, 0.1) is 25.5 Å². The van der Waals surface area contributed by atoms with Gasteiger partial charge in [-0.3, -0.25) is 5.10 Å². The number of aromatic nitrogens is 3. The minimum Gasteiger partial charge on any atom is -0.508 e. The predicted octanol–water partition coefficient (Wildman–Crippen LogP) is 3.72. The van der Waals surface area contributed by atoms with Crippen LogP contribution in [0.2, 0.25) is 0 Å². The molecule has 0 unspecified atom stereocenters. The van der Waals surface area contributed by atoms with Crippen molar-refractivity contribution in [3.63, 3.8) is 0 Å². The highest BCUT2D eigenvalue weighted by Crippen LogP contribution is 2.40. The molecule has 2 heterocycles. The van der Waals surface area contributed by atoms with Crippen molar-refractivity contribution < 1.29 is 19.1 Å². The number of aryl methyl sites for hydroxylation is 2. The number of nitrogens with one attached hydrogen (secondary N) is 1. The average molecular weight is 397 g/mol. The van der Waals surface area contributed by atoms with Crippen LogP contribution in [0.25, 0.3) is 27.8 Å². The summed E-state index contributed by atoms with van der Waals surface area (Å²) in [7, 11) is 0. The minimum absolute atomic E-state index is 0.0605. The largest absolute Gasteiger partial charge is 0.508 e. The summed E-state index contributed by atoms with van der Waals surface area (Å²) >= 11 is 0. The van der Waals surface area contributed by atoms with E-state index in [4.69, 9.17) is 5.73 Å². The molecular weight excluding hydrogens is 380 g/mol. The monoisotopic (exact) mass is 397 g/mol. The van der Waals surface area contributed by atoms with E-state index in [9.17, 15) is 19.1 Å². The molecule has 0 aliphatic heterocycles. The number of benzene rings is 2. The van der Waals surface area contributed by atoms with Crippen LogP contribution in [0.1, 0.15) is 17.0 Å². The maximum Gasteiger partial charge on any atom is 0.173 e. The van der Waals surface area contributed by atoms with Crippen molar-refractivity contribution in [2.45, 2.75) is 13.8 Å². The van der Waals surface area contributed by atoms with E-state index in [1.54, 1.807) is 19.9 Å². The summed E-state index contributed by atoms with van der Waals surface area (Å²) in [6, 6.07) is 7.99.